The van der Waals surface area contributed by atoms with Crippen LogP contribution in [0.3, 0.4) is 0 Å². The Hall–Kier alpha value is -0.860. The summed E-state index contributed by atoms with van der Waals surface area (Å²) in [6.07, 6.45) is 0. The largest absolute Gasteiger partial charge is 0.375 e. The summed E-state index contributed by atoms with van der Waals surface area (Å²) in [7, 11) is 0. The molecule has 1 aromatic heterocycles. The zero-order valence-corrected chi connectivity index (χ0v) is 12.5. The van der Waals surface area contributed by atoms with E-state index in [1.165, 1.54) is 0 Å². The van der Waals surface area contributed by atoms with Crippen LogP contribution in [0, 0.1) is 29.1 Å². The monoisotopic (exact) mass is 391 g/mol. The topological polar surface area (TPSA) is 12.0 Å². The Balaban J connectivity index is 2.30. The van der Waals surface area contributed by atoms with E-state index in [1.54, 1.807) is 6.07 Å². The van der Waals surface area contributed by atoms with E-state index in [9.17, 15) is 22.0 Å². The number of nitrogens with one attached hydrogen (secondary N) is 1. The summed E-state index contributed by atoms with van der Waals surface area (Å²) in [6, 6.07) is 1.58. The Morgan fingerprint density at radius 1 is 1.00 bits per heavy atom. The van der Waals surface area contributed by atoms with Gasteiger partial charge in [0.1, 0.15) is 10.0 Å². The van der Waals surface area contributed by atoms with Crippen molar-refractivity contribution in [3.05, 3.63) is 48.8 Å². The molecule has 2 aromatic rings. The van der Waals surface area contributed by atoms with Crippen LogP contribution in [0.4, 0.5) is 27.6 Å². The lowest BCUT2D eigenvalue weighted by Crippen LogP contribution is -2.09. The lowest BCUT2D eigenvalue weighted by Gasteiger charge is -2.09. The van der Waals surface area contributed by atoms with Crippen molar-refractivity contribution >= 4 is 44.6 Å². The van der Waals surface area contributed by atoms with E-state index in [1.807, 2.05) is 0 Å². The van der Waals surface area contributed by atoms with Crippen LogP contribution in [0.1, 0.15) is 4.88 Å². The van der Waals surface area contributed by atoms with Gasteiger partial charge in [-0.05, 0) is 22.0 Å². The summed E-state index contributed by atoms with van der Waals surface area (Å²) in [4.78, 5) is 0.561. The SMILES string of the molecule is Fc1c(F)c(F)c(NCc2cc(Br)c(Cl)s2)c(F)c1F. The molecular weight excluding hydrogens is 389 g/mol. The van der Waals surface area contributed by atoms with E-state index in [-0.39, 0.29) is 6.54 Å². The first-order valence-corrected chi connectivity index (χ1v) is 7.00. The molecule has 1 heterocycles. The molecule has 20 heavy (non-hydrogen) atoms. The fraction of sp³-hybridized carbons (Fsp3) is 0.0909. The highest BCUT2D eigenvalue weighted by atomic mass is 79.9. The van der Waals surface area contributed by atoms with Gasteiger partial charge in [0.15, 0.2) is 23.3 Å². The molecule has 0 atom stereocenters. The average molecular weight is 393 g/mol. The van der Waals surface area contributed by atoms with Gasteiger partial charge in [0.05, 0.1) is 0 Å². The smallest absolute Gasteiger partial charge is 0.200 e. The van der Waals surface area contributed by atoms with Gasteiger partial charge in [0.2, 0.25) is 5.82 Å². The minimum absolute atomic E-state index is 0.131. The van der Waals surface area contributed by atoms with Crippen LogP contribution in [-0.2, 0) is 6.54 Å². The van der Waals surface area contributed by atoms with E-state index in [2.05, 4.69) is 21.2 Å². The standard InChI is InChI=1S/C11H4BrClF5NS/c12-4-1-3(20-11(4)13)2-19-10-8(17)6(15)5(14)7(16)9(10)18/h1,19H,2H2. The first-order valence-electron chi connectivity index (χ1n) is 5.02. The number of rotatable bonds is 3. The van der Waals surface area contributed by atoms with Gasteiger partial charge in [0, 0.05) is 15.9 Å². The molecule has 2 rings (SSSR count). The lowest BCUT2D eigenvalue weighted by atomic mass is 10.2. The Labute approximate surface area is 127 Å². The molecule has 0 amide bonds. The van der Waals surface area contributed by atoms with Crippen molar-refractivity contribution in [1.29, 1.82) is 0 Å². The number of thiophene rings is 1. The maximum atomic E-state index is 13.4. The van der Waals surface area contributed by atoms with E-state index in [0.29, 0.717) is 13.7 Å². The lowest BCUT2D eigenvalue weighted by molar-refractivity contribution is 0.381. The van der Waals surface area contributed by atoms with Crippen LogP contribution in [0.2, 0.25) is 4.34 Å². The molecule has 1 nitrogen and oxygen atoms in total. The second-order valence-electron chi connectivity index (χ2n) is 3.63. The maximum absolute atomic E-state index is 13.4. The van der Waals surface area contributed by atoms with Crippen LogP contribution in [0.5, 0.6) is 0 Å². The molecule has 108 valence electrons. The molecule has 0 aliphatic carbocycles. The zero-order valence-electron chi connectivity index (χ0n) is 9.34. The quantitative estimate of drug-likeness (QED) is 0.415. The van der Waals surface area contributed by atoms with Gasteiger partial charge >= 0.3 is 0 Å². The Morgan fingerprint density at radius 2 is 1.50 bits per heavy atom. The van der Waals surface area contributed by atoms with Crippen LogP contribution in [-0.4, -0.2) is 0 Å². The molecule has 0 saturated heterocycles. The van der Waals surface area contributed by atoms with Gasteiger partial charge in [-0.15, -0.1) is 11.3 Å². The third-order valence-electron chi connectivity index (χ3n) is 2.35. The summed E-state index contributed by atoms with van der Waals surface area (Å²) >= 11 is 10.0. The second-order valence-corrected chi connectivity index (χ2v) is 6.23. The Kier molecular flexibility index (Phi) is 4.55. The second kappa shape index (κ2) is 5.87. The Bertz CT molecular complexity index is 627. The average Bonchev–Trinajstić information content (AvgIpc) is 2.73. The van der Waals surface area contributed by atoms with Gasteiger partial charge < -0.3 is 5.32 Å². The number of benzene rings is 1. The van der Waals surface area contributed by atoms with Crippen molar-refractivity contribution in [3.63, 3.8) is 0 Å². The Morgan fingerprint density at radius 3 is 1.95 bits per heavy atom. The molecule has 1 aromatic carbocycles. The normalized spacial score (nSPS) is 10.9. The molecule has 0 aliphatic heterocycles. The third kappa shape index (κ3) is 2.77. The van der Waals surface area contributed by atoms with Crippen LogP contribution >= 0.6 is 38.9 Å². The molecule has 0 saturated carbocycles. The molecule has 0 aliphatic rings. The summed E-state index contributed by atoms with van der Waals surface area (Å²) in [5, 5.41) is 2.18. The fourth-order valence-electron chi connectivity index (χ4n) is 1.41. The van der Waals surface area contributed by atoms with Crippen molar-refractivity contribution in [2.24, 2.45) is 0 Å². The molecule has 9 heteroatoms. The molecule has 0 fully saturated rings. The van der Waals surface area contributed by atoms with Gasteiger partial charge in [0.25, 0.3) is 0 Å². The predicted molar refractivity (Wildman–Crippen MR) is 70.6 cm³/mol. The summed E-state index contributed by atoms with van der Waals surface area (Å²) in [5.41, 5.74) is -1.07. The van der Waals surface area contributed by atoms with E-state index in [4.69, 9.17) is 11.6 Å². The van der Waals surface area contributed by atoms with E-state index >= 15 is 0 Å². The summed E-state index contributed by atoms with van der Waals surface area (Å²) in [5.74, 6) is -9.97. The van der Waals surface area contributed by atoms with Crippen molar-refractivity contribution in [2.75, 3.05) is 5.32 Å². The number of anilines is 1. The highest BCUT2D eigenvalue weighted by molar-refractivity contribution is 9.10. The molecule has 0 unspecified atom stereocenters. The van der Waals surface area contributed by atoms with Crippen molar-refractivity contribution in [1.82, 2.24) is 0 Å². The number of halogens is 7. The van der Waals surface area contributed by atoms with Gasteiger partial charge in [-0.25, -0.2) is 22.0 Å². The molecule has 0 radical (unpaired) electrons. The fourth-order valence-corrected chi connectivity index (χ4v) is 3.14. The van der Waals surface area contributed by atoms with E-state index < -0.39 is 34.8 Å². The van der Waals surface area contributed by atoms with Crippen LogP contribution in [0.15, 0.2) is 10.5 Å². The van der Waals surface area contributed by atoms with Crippen LogP contribution < -0.4 is 5.32 Å². The number of hydrogen-bond donors (Lipinski definition) is 1. The van der Waals surface area contributed by atoms with Gasteiger partial charge in [-0.1, -0.05) is 11.6 Å². The molecule has 0 spiro atoms. The highest BCUT2D eigenvalue weighted by Crippen LogP contribution is 2.33. The minimum Gasteiger partial charge on any atom is -0.375 e. The van der Waals surface area contributed by atoms with E-state index in [0.717, 1.165) is 11.3 Å². The van der Waals surface area contributed by atoms with Crippen molar-refractivity contribution < 1.29 is 22.0 Å². The summed E-state index contributed by atoms with van der Waals surface area (Å²) in [6.45, 7) is -0.131. The number of hydrogen-bond acceptors (Lipinski definition) is 2. The zero-order chi connectivity index (χ0) is 15.0. The van der Waals surface area contributed by atoms with Crippen molar-refractivity contribution in [2.45, 2.75) is 6.54 Å². The van der Waals surface area contributed by atoms with Gasteiger partial charge in [-0.3, -0.25) is 0 Å². The highest BCUT2D eigenvalue weighted by Gasteiger charge is 2.25. The van der Waals surface area contributed by atoms with Gasteiger partial charge in [-0.2, -0.15) is 0 Å². The third-order valence-corrected chi connectivity index (χ3v) is 4.82. The summed E-state index contributed by atoms with van der Waals surface area (Å²) < 4.78 is 66.5. The molecule has 0 bridgehead atoms. The minimum atomic E-state index is -2.19. The predicted octanol–water partition coefficient (Wildman–Crippen LogP) is 5.47. The molecular formula is C11H4BrClF5NS. The van der Waals surface area contributed by atoms with Crippen molar-refractivity contribution in [3.8, 4) is 0 Å². The first kappa shape index (κ1) is 15.5. The maximum Gasteiger partial charge on any atom is 0.200 e. The molecule has 1 N–H and O–H groups in total. The first-order chi connectivity index (χ1) is 9.32. The van der Waals surface area contributed by atoms with Crippen LogP contribution in [0.25, 0.3) is 0 Å².